The largest absolute Gasteiger partial charge is 0.371 e. The Morgan fingerprint density at radius 2 is 2.07 bits per heavy atom. The monoisotopic (exact) mass is 211 g/mol. The fourth-order valence-corrected chi connectivity index (χ4v) is 2.91. The van der Waals surface area contributed by atoms with Gasteiger partial charge in [-0.05, 0) is 51.9 Å². The molecule has 2 heteroatoms. The third-order valence-electron chi connectivity index (χ3n) is 3.88. The Morgan fingerprint density at radius 3 is 2.60 bits per heavy atom. The molecule has 1 aliphatic carbocycles. The highest BCUT2D eigenvalue weighted by Gasteiger charge is 2.32. The highest BCUT2D eigenvalue weighted by atomic mass is 16.5. The molecule has 1 saturated heterocycles. The van der Waals surface area contributed by atoms with Gasteiger partial charge in [0.1, 0.15) is 0 Å². The molecular weight excluding hydrogens is 186 g/mol. The zero-order valence-electron chi connectivity index (χ0n) is 10.4. The summed E-state index contributed by atoms with van der Waals surface area (Å²) in [5.41, 5.74) is 0.120. The Morgan fingerprint density at radius 1 is 1.27 bits per heavy atom. The summed E-state index contributed by atoms with van der Waals surface area (Å²) in [6.07, 6.45) is 7.00. The Labute approximate surface area is 93.8 Å². The minimum Gasteiger partial charge on any atom is -0.371 e. The zero-order chi connectivity index (χ0) is 10.9. The molecule has 0 radical (unpaired) electrons. The second-order valence-corrected chi connectivity index (χ2v) is 6.06. The first-order chi connectivity index (χ1) is 7.05. The maximum atomic E-state index is 5.97. The van der Waals surface area contributed by atoms with Crippen molar-refractivity contribution in [3.63, 3.8) is 0 Å². The maximum absolute atomic E-state index is 5.97. The summed E-state index contributed by atoms with van der Waals surface area (Å²) in [6, 6.07) is 0.757. The first-order valence-corrected chi connectivity index (χ1v) is 6.46. The lowest BCUT2D eigenvalue weighted by Crippen LogP contribution is -2.35. The highest BCUT2D eigenvalue weighted by Crippen LogP contribution is 2.30. The SMILES string of the molecule is CC1CCC(NCC2CCC(C)(C)O2)C1. The van der Waals surface area contributed by atoms with E-state index in [0.717, 1.165) is 18.5 Å². The van der Waals surface area contributed by atoms with Gasteiger partial charge in [0.05, 0.1) is 11.7 Å². The van der Waals surface area contributed by atoms with Crippen molar-refractivity contribution < 1.29 is 4.74 Å². The second-order valence-electron chi connectivity index (χ2n) is 6.06. The summed E-state index contributed by atoms with van der Waals surface area (Å²) in [5.74, 6) is 0.920. The Balaban J connectivity index is 1.66. The maximum Gasteiger partial charge on any atom is 0.0707 e. The van der Waals surface area contributed by atoms with Crippen LogP contribution < -0.4 is 5.32 Å². The average molecular weight is 211 g/mol. The van der Waals surface area contributed by atoms with Gasteiger partial charge >= 0.3 is 0 Å². The molecule has 88 valence electrons. The van der Waals surface area contributed by atoms with Crippen molar-refractivity contribution >= 4 is 0 Å². The van der Waals surface area contributed by atoms with Gasteiger partial charge in [0.15, 0.2) is 0 Å². The van der Waals surface area contributed by atoms with Crippen LogP contribution in [0.2, 0.25) is 0 Å². The first-order valence-electron chi connectivity index (χ1n) is 6.46. The van der Waals surface area contributed by atoms with Gasteiger partial charge in [-0.1, -0.05) is 6.92 Å². The van der Waals surface area contributed by atoms with Gasteiger partial charge in [0.25, 0.3) is 0 Å². The van der Waals surface area contributed by atoms with E-state index in [2.05, 4.69) is 26.1 Å². The topological polar surface area (TPSA) is 21.3 Å². The van der Waals surface area contributed by atoms with E-state index < -0.39 is 0 Å². The Bertz CT molecular complexity index is 215. The van der Waals surface area contributed by atoms with Gasteiger partial charge in [0.2, 0.25) is 0 Å². The summed E-state index contributed by atoms with van der Waals surface area (Å²) >= 11 is 0. The molecule has 1 N–H and O–H groups in total. The fourth-order valence-electron chi connectivity index (χ4n) is 2.91. The minimum atomic E-state index is 0.120. The van der Waals surface area contributed by atoms with Gasteiger partial charge in [-0.15, -0.1) is 0 Å². The van der Waals surface area contributed by atoms with Crippen molar-refractivity contribution in [3.05, 3.63) is 0 Å². The number of ether oxygens (including phenoxy) is 1. The van der Waals surface area contributed by atoms with E-state index in [0.29, 0.717) is 6.10 Å². The molecule has 0 spiro atoms. The van der Waals surface area contributed by atoms with E-state index in [-0.39, 0.29) is 5.60 Å². The molecule has 2 rings (SSSR count). The summed E-state index contributed by atoms with van der Waals surface area (Å²) in [4.78, 5) is 0. The van der Waals surface area contributed by atoms with Crippen LogP contribution >= 0.6 is 0 Å². The van der Waals surface area contributed by atoms with Crippen LogP contribution in [0.4, 0.5) is 0 Å². The molecule has 0 amide bonds. The van der Waals surface area contributed by atoms with Crippen molar-refractivity contribution in [2.45, 2.75) is 70.6 Å². The number of rotatable bonds is 3. The molecule has 3 atom stereocenters. The molecule has 1 aliphatic heterocycles. The van der Waals surface area contributed by atoms with Crippen molar-refractivity contribution in [1.29, 1.82) is 0 Å². The second kappa shape index (κ2) is 4.42. The van der Waals surface area contributed by atoms with Crippen LogP contribution in [-0.2, 0) is 4.74 Å². The van der Waals surface area contributed by atoms with Crippen molar-refractivity contribution in [1.82, 2.24) is 5.32 Å². The summed E-state index contributed by atoms with van der Waals surface area (Å²) in [7, 11) is 0. The molecule has 2 aliphatic rings. The zero-order valence-corrected chi connectivity index (χ0v) is 10.4. The molecule has 15 heavy (non-hydrogen) atoms. The predicted molar refractivity (Wildman–Crippen MR) is 63.0 cm³/mol. The first kappa shape index (κ1) is 11.4. The molecule has 3 unspecified atom stereocenters. The van der Waals surface area contributed by atoms with Crippen LogP contribution in [-0.4, -0.2) is 24.3 Å². The van der Waals surface area contributed by atoms with Crippen LogP contribution in [0.3, 0.4) is 0 Å². The fraction of sp³-hybridized carbons (Fsp3) is 1.00. The molecule has 0 aromatic carbocycles. The van der Waals surface area contributed by atoms with Crippen molar-refractivity contribution in [2.75, 3.05) is 6.54 Å². The molecule has 0 bridgehead atoms. The lowest BCUT2D eigenvalue weighted by Gasteiger charge is -2.21. The van der Waals surface area contributed by atoms with E-state index >= 15 is 0 Å². The molecule has 0 aromatic rings. The highest BCUT2D eigenvalue weighted by molar-refractivity contribution is 4.84. The molecule has 1 saturated carbocycles. The van der Waals surface area contributed by atoms with E-state index in [1.54, 1.807) is 0 Å². The van der Waals surface area contributed by atoms with Gasteiger partial charge in [0, 0.05) is 12.6 Å². The summed E-state index contributed by atoms with van der Waals surface area (Å²) < 4.78 is 5.97. The van der Waals surface area contributed by atoms with E-state index in [4.69, 9.17) is 4.74 Å². The molecule has 1 heterocycles. The van der Waals surface area contributed by atoms with Gasteiger partial charge in [-0.3, -0.25) is 0 Å². The van der Waals surface area contributed by atoms with Crippen LogP contribution in [0, 0.1) is 5.92 Å². The lowest BCUT2D eigenvalue weighted by atomic mass is 10.1. The predicted octanol–water partition coefficient (Wildman–Crippen LogP) is 2.72. The lowest BCUT2D eigenvalue weighted by molar-refractivity contribution is -0.0151. The van der Waals surface area contributed by atoms with Crippen molar-refractivity contribution in [2.24, 2.45) is 5.92 Å². The third-order valence-corrected chi connectivity index (χ3v) is 3.88. The van der Waals surface area contributed by atoms with Crippen LogP contribution in [0.15, 0.2) is 0 Å². The summed E-state index contributed by atoms with van der Waals surface area (Å²) in [6.45, 7) is 7.81. The Kier molecular flexibility index (Phi) is 3.36. The van der Waals surface area contributed by atoms with E-state index in [1.165, 1.54) is 32.1 Å². The number of hydrogen-bond donors (Lipinski definition) is 1. The van der Waals surface area contributed by atoms with Gasteiger partial charge < -0.3 is 10.1 Å². The molecule has 2 fully saturated rings. The average Bonchev–Trinajstić information content (AvgIpc) is 2.69. The smallest absolute Gasteiger partial charge is 0.0707 e. The van der Waals surface area contributed by atoms with Crippen LogP contribution in [0.1, 0.15) is 52.9 Å². The third kappa shape index (κ3) is 3.18. The normalized spacial score (nSPS) is 39.8. The van der Waals surface area contributed by atoms with Crippen LogP contribution in [0.5, 0.6) is 0 Å². The number of nitrogens with one attached hydrogen (secondary N) is 1. The molecular formula is C13H25NO. The van der Waals surface area contributed by atoms with Crippen molar-refractivity contribution in [3.8, 4) is 0 Å². The van der Waals surface area contributed by atoms with Crippen LogP contribution in [0.25, 0.3) is 0 Å². The standard InChI is InChI=1S/C13H25NO/c1-10-4-5-11(8-10)14-9-12-6-7-13(2,3)15-12/h10-12,14H,4-9H2,1-3H3. The van der Waals surface area contributed by atoms with Gasteiger partial charge in [-0.2, -0.15) is 0 Å². The summed E-state index contributed by atoms with van der Waals surface area (Å²) in [5, 5.41) is 3.67. The quantitative estimate of drug-likeness (QED) is 0.775. The minimum absolute atomic E-state index is 0.120. The number of hydrogen-bond acceptors (Lipinski definition) is 2. The molecule has 0 aromatic heterocycles. The van der Waals surface area contributed by atoms with E-state index in [9.17, 15) is 0 Å². The van der Waals surface area contributed by atoms with Gasteiger partial charge in [-0.25, -0.2) is 0 Å². The molecule has 2 nitrogen and oxygen atoms in total. The Hall–Kier alpha value is -0.0800. The van der Waals surface area contributed by atoms with E-state index in [1.807, 2.05) is 0 Å².